The normalized spacial score (nSPS) is 45.5. The molecule has 9 atom stereocenters. The Hall–Kier alpha value is -0.730. The first-order valence-corrected chi connectivity index (χ1v) is 13.6. The Kier molecular flexibility index (Phi) is 6.73. The van der Waals surface area contributed by atoms with Gasteiger partial charge in [-0.05, 0) is 110 Å². The van der Waals surface area contributed by atoms with E-state index in [1.54, 1.807) is 0 Å². The Morgan fingerprint density at radius 2 is 1.65 bits per heavy atom. The molecule has 0 aromatic rings. The van der Waals surface area contributed by atoms with E-state index in [9.17, 15) is 9.90 Å². The molecule has 178 valence electrons. The van der Waals surface area contributed by atoms with Gasteiger partial charge in [-0.3, -0.25) is 0 Å². The van der Waals surface area contributed by atoms with E-state index in [0.29, 0.717) is 10.8 Å². The van der Waals surface area contributed by atoms with E-state index in [1.807, 2.05) is 0 Å². The molecule has 0 bridgehead atoms. The molecule has 2 N–H and O–H groups in total. The second-order valence-electron chi connectivity index (χ2n) is 13.1. The molecule has 0 unspecified atom stereocenters. The maximum atomic E-state index is 11.2. The fourth-order valence-corrected chi connectivity index (χ4v) is 9.59. The molecule has 1 amide bonds. The highest BCUT2D eigenvalue weighted by atomic mass is 16.4. The summed E-state index contributed by atoms with van der Waals surface area (Å²) in [5.41, 5.74) is 1.02. The highest BCUT2D eigenvalue weighted by molar-refractivity contribution is 5.64. The first kappa shape index (κ1) is 23.4. The maximum Gasteiger partial charge on any atom is 0.404 e. The zero-order chi connectivity index (χ0) is 22.4. The van der Waals surface area contributed by atoms with Crippen molar-refractivity contribution in [2.24, 2.45) is 52.3 Å². The third-order valence-corrected chi connectivity index (χ3v) is 11.2. The molecule has 4 aliphatic rings. The monoisotopic (exact) mass is 431 g/mol. The van der Waals surface area contributed by atoms with Crippen molar-refractivity contribution >= 4 is 6.09 Å². The van der Waals surface area contributed by atoms with Crippen molar-refractivity contribution < 1.29 is 9.90 Å². The van der Waals surface area contributed by atoms with Crippen molar-refractivity contribution in [3.63, 3.8) is 0 Å². The SMILES string of the molecule is CC(C)CCC[C@@H](C)[C@H]1CC[C@H]2[C@@H]3CC[C@H]4C[C@H](NC(=O)O)CC[C@]4(C)[C@H]3CC[C@]12C. The van der Waals surface area contributed by atoms with Crippen LogP contribution in [0.4, 0.5) is 4.79 Å². The smallest absolute Gasteiger partial charge is 0.404 e. The van der Waals surface area contributed by atoms with Crippen molar-refractivity contribution in [1.82, 2.24) is 5.32 Å². The molecular weight excluding hydrogens is 382 g/mol. The third-order valence-electron chi connectivity index (χ3n) is 11.2. The highest BCUT2D eigenvalue weighted by Crippen LogP contribution is 2.68. The molecule has 0 heterocycles. The lowest BCUT2D eigenvalue weighted by atomic mass is 9.44. The molecule has 0 aromatic carbocycles. The quantitative estimate of drug-likeness (QED) is 0.452. The molecule has 0 aromatic heterocycles. The van der Waals surface area contributed by atoms with Gasteiger partial charge in [0.15, 0.2) is 0 Å². The topological polar surface area (TPSA) is 49.3 Å². The Labute approximate surface area is 191 Å². The van der Waals surface area contributed by atoms with E-state index in [4.69, 9.17) is 0 Å². The van der Waals surface area contributed by atoms with Crippen LogP contribution in [0.5, 0.6) is 0 Å². The van der Waals surface area contributed by atoms with Gasteiger partial charge in [0.1, 0.15) is 0 Å². The molecule has 0 saturated heterocycles. The lowest BCUT2D eigenvalue weighted by molar-refractivity contribution is -0.117. The zero-order valence-corrected chi connectivity index (χ0v) is 21.0. The molecule has 0 spiro atoms. The summed E-state index contributed by atoms with van der Waals surface area (Å²) in [5.74, 6) is 6.13. The van der Waals surface area contributed by atoms with Crippen LogP contribution in [0.25, 0.3) is 0 Å². The van der Waals surface area contributed by atoms with Crippen LogP contribution in [0.1, 0.15) is 112 Å². The molecule has 4 saturated carbocycles. The molecule has 4 aliphatic carbocycles. The van der Waals surface area contributed by atoms with Crippen LogP contribution in [0.15, 0.2) is 0 Å². The van der Waals surface area contributed by atoms with Crippen molar-refractivity contribution in [2.45, 2.75) is 118 Å². The first-order chi connectivity index (χ1) is 14.6. The molecule has 4 fully saturated rings. The largest absolute Gasteiger partial charge is 0.465 e. The minimum atomic E-state index is -0.838. The van der Waals surface area contributed by atoms with Crippen LogP contribution in [-0.2, 0) is 0 Å². The molecule has 0 radical (unpaired) electrons. The molecular formula is C28H49NO2. The number of rotatable bonds is 6. The average molecular weight is 432 g/mol. The predicted molar refractivity (Wildman–Crippen MR) is 128 cm³/mol. The van der Waals surface area contributed by atoms with Crippen LogP contribution < -0.4 is 5.32 Å². The summed E-state index contributed by atoms with van der Waals surface area (Å²) in [6.07, 6.45) is 15.3. The van der Waals surface area contributed by atoms with E-state index in [-0.39, 0.29) is 6.04 Å². The fourth-order valence-electron chi connectivity index (χ4n) is 9.59. The predicted octanol–water partition coefficient (Wildman–Crippen LogP) is 7.74. The standard InChI is InChI=1S/C28H49NO2/c1-18(2)7-6-8-19(3)23-11-12-24-22-10-9-20-17-21(29-26(30)31)13-15-27(20,4)25(22)14-16-28(23,24)5/h18-25,29H,6-17H2,1-5H3,(H,30,31)/t19-,20+,21-,22+,23-,24+,25+,27+,28-/m1/s1. The van der Waals surface area contributed by atoms with E-state index in [1.165, 1.54) is 64.2 Å². The van der Waals surface area contributed by atoms with Gasteiger partial charge < -0.3 is 10.4 Å². The van der Waals surface area contributed by atoms with E-state index >= 15 is 0 Å². The van der Waals surface area contributed by atoms with Crippen LogP contribution in [-0.4, -0.2) is 17.2 Å². The third kappa shape index (κ3) is 4.29. The Bertz CT molecular complexity index is 647. The molecule has 3 heteroatoms. The Morgan fingerprint density at radius 3 is 2.35 bits per heavy atom. The van der Waals surface area contributed by atoms with E-state index in [2.05, 4.69) is 39.9 Å². The van der Waals surface area contributed by atoms with Gasteiger partial charge in [-0.15, -0.1) is 0 Å². The van der Waals surface area contributed by atoms with Gasteiger partial charge in [0.05, 0.1) is 0 Å². The summed E-state index contributed by atoms with van der Waals surface area (Å²) < 4.78 is 0. The van der Waals surface area contributed by atoms with Crippen molar-refractivity contribution in [1.29, 1.82) is 0 Å². The Morgan fingerprint density at radius 1 is 0.935 bits per heavy atom. The van der Waals surface area contributed by atoms with Crippen LogP contribution in [0, 0.1) is 52.3 Å². The second-order valence-corrected chi connectivity index (χ2v) is 13.1. The van der Waals surface area contributed by atoms with Gasteiger partial charge in [0.2, 0.25) is 0 Å². The number of fused-ring (bicyclic) bond motifs is 5. The lowest BCUT2D eigenvalue weighted by Crippen LogP contribution is -2.55. The molecule has 0 aliphatic heterocycles. The van der Waals surface area contributed by atoms with E-state index < -0.39 is 6.09 Å². The fraction of sp³-hybridized carbons (Fsp3) is 0.964. The van der Waals surface area contributed by atoms with Gasteiger partial charge in [0.25, 0.3) is 0 Å². The summed E-state index contributed by atoms with van der Waals surface area (Å²) >= 11 is 0. The van der Waals surface area contributed by atoms with E-state index in [0.717, 1.165) is 54.3 Å². The number of carbonyl (C=O) groups is 1. The summed E-state index contributed by atoms with van der Waals surface area (Å²) in [6, 6.07) is 0.184. The summed E-state index contributed by atoms with van der Waals surface area (Å²) in [4.78, 5) is 11.2. The lowest BCUT2D eigenvalue weighted by Gasteiger charge is -2.61. The number of amides is 1. The summed E-state index contributed by atoms with van der Waals surface area (Å²) in [6.45, 7) is 12.6. The zero-order valence-electron chi connectivity index (χ0n) is 21.0. The van der Waals surface area contributed by atoms with Gasteiger partial charge in [0, 0.05) is 6.04 Å². The van der Waals surface area contributed by atoms with Crippen molar-refractivity contribution in [2.75, 3.05) is 0 Å². The van der Waals surface area contributed by atoms with Gasteiger partial charge >= 0.3 is 6.09 Å². The maximum absolute atomic E-state index is 11.2. The second kappa shape index (κ2) is 8.90. The number of hydrogen-bond acceptors (Lipinski definition) is 1. The minimum Gasteiger partial charge on any atom is -0.465 e. The van der Waals surface area contributed by atoms with Crippen LogP contribution in [0.3, 0.4) is 0 Å². The van der Waals surface area contributed by atoms with Crippen LogP contribution >= 0.6 is 0 Å². The Balaban J connectivity index is 1.43. The number of nitrogens with one attached hydrogen (secondary N) is 1. The van der Waals surface area contributed by atoms with Gasteiger partial charge in [-0.25, -0.2) is 4.79 Å². The summed E-state index contributed by atoms with van der Waals surface area (Å²) in [7, 11) is 0. The molecule has 3 nitrogen and oxygen atoms in total. The van der Waals surface area contributed by atoms with Crippen LogP contribution in [0.2, 0.25) is 0 Å². The minimum absolute atomic E-state index is 0.184. The van der Waals surface area contributed by atoms with Crippen molar-refractivity contribution in [3.8, 4) is 0 Å². The molecule has 31 heavy (non-hydrogen) atoms. The first-order valence-electron chi connectivity index (χ1n) is 13.6. The molecule has 4 rings (SSSR count). The summed E-state index contributed by atoms with van der Waals surface area (Å²) in [5, 5.41) is 12.0. The average Bonchev–Trinajstić information content (AvgIpc) is 3.05. The van der Waals surface area contributed by atoms with Crippen molar-refractivity contribution in [3.05, 3.63) is 0 Å². The number of carboxylic acid groups (broad SMARTS) is 1. The highest BCUT2D eigenvalue weighted by Gasteiger charge is 2.60. The van der Waals surface area contributed by atoms with Gasteiger partial charge in [-0.2, -0.15) is 0 Å². The van der Waals surface area contributed by atoms with Gasteiger partial charge in [-0.1, -0.05) is 53.9 Å². The number of hydrogen-bond donors (Lipinski definition) is 2.